The number of carbonyl (C=O) groups excluding carboxylic acids is 2. The summed E-state index contributed by atoms with van der Waals surface area (Å²) in [5.41, 5.74) is 1.13. The molecule has 1 fully saturated rings. The van der Waals surface area contributed by atoms with Crippen molar-refractivity contribution >= 4 is 11.8 Å². The largest absolute Gasteiger partial charge is 0.351 e. The van der Waals surface area contributed by atoms with Gasteiger partial charge in [-0.15, -0.1) is 0 Å². The molecule has 1 aromatic rings. The van der Waals surface area contributed by atoms with Crippen molar-refractivity contribution in [1.82, 2.24) is 10.2 Å². The maximum absolute atomic E-state index is 12.3. The van der Waals surface area contributed by atoms with Gasteiger partial charge in [-0.3, -0.25) is 9.59 Å². The Kier molecular flexibility index (Phi) is 4.56. The molecule has 2 aliphatic rings. The lowest BCUT2D eigenvalue weighted by atomic mass is 9.93. The highest BCUT2D eigenvalue weighted by molar-refractivity contribution is 5.83. The average molecular weight is 298 g/mol. The number of likely N-dealkylation sites (tertiary alicyclic amines) is 1. The zero-order valence-electron chi connectivity index (χ0n) is 12.7. The van der Waals surface area contributed by atoms with Crippen LogP contribution in [0.4, 0.5) is 0 Å². The van der Waals surface area contributed by atoms with Crippen molar-refractivity contribution < 1.29 is 9.59 Å². The summed E-state index contributed by atoms with van der Waals surface area (Å²) >= 11 is 0. The monoisotopic (exact) mass is 298 g/mol. The van der Waals surface area contributed by atoms with E-state index in [1.54, 1.807) is 0 Å². The number of benzene rings is 1. The van der Waals surface area contributed by atoms with Crippen LogP contribution in [0.3, 0.4) is 0 Å². The van der Waals surface area contributed by atoms with Crippen LogP contribution in [0, 0.1) is 5.92 Å². The Balaban J connectivity index is 1.53. The van der Waals surface area contributed by atoms with Gasteiger partial charge in [0.15, 0.2) is 0 Å². The molecule has 0 aromatic heterocycles. The number of carbonyl (C=O) groups is 2. The second-order valence-electron chi connectivity index (χ2n) is 6.15. The second kappa shape index (κ2) is 6.77. The van der Waals surface area contributed by atoms with E-state index in [2.05, 4.69) is 17.5 Å². The van der Waals surface area contributed by atoms with Crippen molar-refractivity contribution in [2.24, 2.45) is 5.92 Å². The molecule has 3 rings (SSSR count). The lowest BCUT2D eigenvalue weighted by Gasteiger charge is -2.21. The maximum atomic E-state index is 12.3. The van der Waals surface area contributed by atoms with Crippen LogP contribution < -0.4 is 5.32 Å². The first-order valence-corrected chi connectivity index (χ1v) is 7.99. The van der Waals surface area contributed by atoms with Crippen molar-refractivity contribution in [2.45, 2.75) is 38.3 Å². The second-order valence-corrected chi connectivity index (χ2v) is 6.15. The minimum atomic E-state index is -0.0466. The standard InChI is InChI=1S/C18H22N2O2/c21-17-11-16(19-18(22)15-9-5-2-6-10-15)13-20(17)12-14-7-3-1-4-8-14/h1-5,7-8,15-16H,6,9-13H2,(H,19,22)/t15-,16+/m0/s1. The van der Waals surface area contributed by atoms with Gasteiger partial charge in [0.1, 0.15) is 0 Å². The Labute approximate surface area is 131 Å². The molecule has 0 spiro atoms. The molecule has 0 bridgehead atoms. The van der Waals surface area contributed by atoms with Crippen molar-refractivity contribution in [3.63, 3.8) is 0 Å². The van der Waals surface area contributed by atoms with Crippen LogP contribution in [0.1, 0.15) is 31.2 Å². The van der Waals surface area contributed by atoms with Crippen molar-refractivity contribution in [3.8, 4) is 0 Å². The van der Waals surface area contributed by atoms with E-state index in [0.717, 1.165) is 24.8 Å². The number of hydrogen-bond donors (Lipinski definition) is 1. The van der Waals surface area contributed by atoms with E-state index in [1.165, 1.54) is 0 Å². The molecule has 0 unspecified atom stereocenters. The summed E-state index contributed by atoms with van der Waals surface area (Å²) in [7, 11) is 0. The lowest BCUT2D eigenvalue weighted by Crippen LogP contribution is -2.40. The molecule has 1 aliphatic carbocycles. The summed E-state index contributed by atoms with van der Waals surface area (Å²) in [6, 6.07) is 9.92. The van der Waals surface area contributed by atoms with E-state index in [-0.39, 0.29) is 23.8 Å². The molecule has 0 saturated carbocycles. The highest BCUT2D eigenvalue weighted by Crippen LogP contribution is 2.20. The SMILES string of the molecule is O=C(N[C@@H]1CC(=O)N(Cc2ccccc2)C1)[C@H]1CC=CCC1. The predicted octanol–water partition coefficient (Wildman–Crippen LogP) is 2.26. The fourth-order valence-corrected chi connectivity index (χ4v) is 3.18. The Hall–Kier alpha value is -2.10. The number of hydrogen-bond acceptors (Lipinski definition) is 2. The van der Waals surface area contributed by atoms with Crippen molar-refractivity contribution in [2.75, 3.05) is 6.54 Å². The van der Waals surface area contributed by atoms with Gasteiger partial charge in [0.2, 0.25) is 11.8 Å². The first-order valence-electron chi connectivity index (χ1n) is 7.99. The van der Waals surface area contributed by atoms with Gasteiger partial charge in [0.25, 0.3) is 0 Å². The van der Waals surface area contributed by atoms with E-state index in [9.17, 15) is 9.59 Å². The number of amides is 2. The minimum Gasteiger partial charge on any atom is -0.351 e. The normalized spacial score (nSPS) is 24.5. The van der Waals surface area contributed by atoms with Crippen molar-refractivity contribution in [1.29, 1.82) is 0 Å². The molecule has 2 amide bonds. The smallest absolute Gasteiger partial charge is 0.225 e. The van der Waals surface area contributed by atoms with Gasteiger partial charge in [-0.2, -0.15) is 0 Å². The third-order valence-electron chi connectivity index (χ3n) is 4.42. The first kappa shape index (κ1) is 14.8. The van der Waals surface area contributed by atoms with Gasteiger partial charge in [0.05, 0.1) is 6.04 Å². The Morgan fingerprint density at radius 2 is 2.05 bits per heavy atom. The summed E-state index contributed by atoms with van der Waals surface area (Å²) in [5, 5.41) is 3.06. The minimum absolute atomic E-state index is 0.0466. The number of nitrogens with zero attached hydrogens (tertiary/aromatic N) is 1. The van der Waals surface area contributed by atoms with Gasteiger partial charge in [-0.25, -0.2) is 0 Å². The number of allylic oxidation sites excluding steroid dienone is 2. The fourth-order valence-electron chi connectivity index (χ4n) is 3.18. The van der Waals surface area contributed by atoms with Gasteiger partial charge >= 0.3 is 0 Å². The van der Waals surface area contributed by atoms with Crippen LogP contribution in [-0.4, -0.2) is 29.3 Å². The third kappa shape index (κ3) is 3.56. The molecule has 1 saturated heterocycles. The van der Waals surface area contributed by atoms with Gasteiger partial charge in [-0.1, -0.05) is 42.5 Å². The Morgan fingerprint density at radius 1 is 1.23 bits per heavy atom. The van der Waals surface area contributed by atoms with Crippen molar-refractivity contribution in [3.05, 3.63) is 48.0 Å². The summed E-state index contributed by atoms with van der Waals surface area (Å²) in [5.74, 6) is 0.296. The fraction of sp³-hybridized carbons (Fsp3) is 0.444. The number of rotatable bonds is 4. The van der Waals surface area contributed by atoms with E-state index in [4.69, 9.17) is 0 Å². The summed E-state index contributed by atoms with van der Waals surface area (Å²) in [6.07, 6.45) is 7.33. The van der Waals surface area contributed by atoms with Gasteiger partial charge in [0, 0.05) is 25.4 Å². The molecular formula is C18H22N2O2. The van der Waals surface area contributed by atoms with Crippen LogP contribution in [0.2, 0.25) is 0 Å². The zero-order chi connectivity index (χ0) is 15.4. The number of nitrogens with one attached hydrogen (secondary N) is 1. The van der Waals surface area contributed by atoms with Crippen LogP contribution >= 0.6 is 0 Å². The van der Waals surface area contributed by atoms with E-state index in [1.807, 2.05) is 35.2 Å². The molecule has 22 heavy (non-hydrogen) atoms. The Morgan fingerprint density at radius 3 is 2.77 bits per heavy atom. The quantitative estimate of drug-likeness (QED) is 0.867. The molecule has 4 nitrogen and oxygen atoms in total. The molecule has 1 heterocycles. The van der Waals surface area contributed by atoms with Gasteiger partial charge in [-0.05, 0) is 24.8 Å². The van der Waals surface area contributed by atoms with E-state index in [0.29, 0.717) is 19.5 Å². The van der Waals surface area contributed by atoms with E-state index >= 15 is 0 Å². The van der Waals surface area contributed by atoms with Crippen LogP contribution in [0.15, 0.2) is 42.5 Å². The maximum Gasteiger partial charge on any atom is 0.225 e. The van der Waals surface area contributed by atoms with Crippen LogP contribution in [0.25, 0.3) is 0 Å². The molecule has 0 radical (unpaired) electrons. The molecular weight excluding hydrogens is 276 g/mol. The van der Waals surface area contributed by atoms with Gasteiger partial charge < -0.3 is 10.2 Å². The average Bonchev–Trinajstić information content (AvgIpc) is 2.88. The summed E-state index contributed by atoms with van der Waals surface area (Å²) in [4.78, 5) is 26.2. The highest BCUT2D eigenvalue weighted by atomic mass is 16.2. The Bertz CT molecular complexity index is 568. The first-order chi connectivity index (χ1) is 10.7. The zero-order valence-corrected chi connectivity index (χ0v) is 12.7. The molecule has 4 heteroatoms. The molecule has 116 valence electrons. The third-order valence-corrected chi connectivity index (χ3v) is 4.42. The highest BCUT2D eigenvalue weighted by Gasteiger charge is 2.31. The summed E-state index contributed by atoms with van der Waals surface area (Å²) in [6.45, 7) is 1.24. The molecule has 1 N–H and O–H groups in total. The molecule has 1 aromatic carbocycles. The topological polar surface area (TPSA) is 49.4 Å². The lowest BCUT2D eigenvalue weighted by molar-refractivity contribution is -0.128. The van der Waals surface area contributed by atoms with Crippen LogP contribution in [0.5, 0.6) is 0 Å². The summed E-state index contributed by atoms with van der Waals surface area (Å²) < 4.78 is 0. The van der Waals surface area contributed by atoms with Crippen LogP contribution in [-0.2, 0) is 16.1 Å². The molecule has 2 atom stereocenters. The van der Waals surface area contributed by atoms with E-state index < -0.39 is 0 Å². The predicted molar refractivity (Wildman–Crippen MR) is 84.9 cm³/mol. The molecule has 1 aliphatic heterocycles.